The Kier molecular flexibility index (Phi) is 4.33. The van der Waals surface area contributed by atoms with E-state index >= 15 is 0 Å². The Labute approximate surface area is 127 Å². The lowest BCUT2D eigenvalue weighted by molar-refractivity contribution is 0.0615. The van der Waals surface area contributed by atoms with E-state index in [1.54, 1.807) is 11.6 Å². The van der Waals surface area contributed by atoms with Crippen LogP contribution in [0.3, 0.4) is 0 Å². The zero-order chi connectivity index (χ0) is 14.7. The molecular weight excluding hydrogens is 288 g/mol. The van der Waals surface area contributed by atoms with Gasteiger partial charge in [0.2, 0.25) is 0 Å². The number of amides is 1. The number of furan rings is 1. The Morgan fingerprint density at radius 3 is 2.81 bits per heavy atom. The van der Waals surface area contributed by atoms with Gasteiger partial charge in [-0.05, 0) is 12.1 Å². The smallest absolute Gasteiger partial charge is 0.273 e. The number of hydrogen-bond donors (Lipinski definition) is 1. The van der Waals surface area contributed by atoms with Crippen molar-refractivity contribution in [3.8, 4) is 0 Å². The predicted octanol–water partition coefficient (Wildman–Crippen LogP) is 1.15. The largest absolute Gasteiger partial charge is 0.468 e. The van der Waals surface area contributed by atoms with Crippen molar-refractivity contribution in [1.82, 2.24) is 14.8 Å². The second kappa shape index (κ2) is 6.38. The molecule has 3 heterocycles. The van der Waals surface area contributed by atoms with E-state index < -0.39 is 0 Å². The minimum Gasteiger partial charge on any atom is -0.468 e. The second-order valence-electron chi connectivity index (χ2n) is 4.98. The summed E-state index contributed by atoms with van der Waals surface area (Å²) in [5, 5.41) is 2.59. The number of thiazole rings is 1. The highest BCUT2D eigenvalue weighted by Crippen LogP contribution is 2.14. The molecule has 3 rings (SSSR count). The molecule has 0 aliphatic carbocycles. The van der Waals surface area contributed by atoms with Gasteiger partial charge in [-0.3, -0.25) is 9.69 Å². The minimum atomic E-state index is 0.00333. The van der Waals surface area contributed by atoms with Gasteiger partial charge < -0.3 is 15.1 Å². The van der Waals surface area contributed by atoms with Crippen molar-refractivity contribution in [1.29, 1.82) is 0 Å². The summed E-state index contributed by atoms with van der Waals surface area (Å²) < 4.78 is 5.35. The molecule has 0 saturated carbocycles. The van der Waals surface area contributed by atoms with Crippen molar-refractivity contribution >= 4 is 17.2 Å². The summed E-state index contributed by atoms with van der Waals surface area (Å²) in [6, 6.07) is 3.87. The molecule has 2 aromatic rings. The van der Waals surface area contributed by atoms with Crippen LogP contribution in [0.15, 0.2) is 28.2 Å². The summed E-state index contributed by atoms with van der Waals surface area (Å²) in [5.41, 5.74) is 6.05. The molecule has 0 spiro atoms. The summed E-state index contributed by atoms with van der Waals surface area (Å²) in [6.07, 6.45) is 1.69. The number of rotatable bonds is 4. The fourth-order valence-corrected chi connectivity index (χ4v) is 3.05. The molecular formula is C14H18N4O2S. The van der Waals surface area contributed by atoms with Crippen molar-refractivity contribution in [3.05, 3.63) is 40.2 Å². The lowest BCUT2D eigenvalue weighted by Gasteiger charge is -2.33. The summed E-state index contributed by atoms with van der Waals surface area (Å²) in [7, 11) is 0. The number of aromatic nitrogens is 1. The lowest BCUT2D eigenvalue weighted by Crippen LogP contribution is -2.48. The predicted molar refractivity (Wildman–Crippen MR) is 79.9 cm³/mol. The Hall–Kier alpha value is -1.70. The van der Waals surface area contributed by atoms with Crippen molar-refractivity contribution in [3.63, 3.8) is 0 Å². The zero-order valence-electron chi connectivity index (χ0n) is 11.7. The second-order valence-corrected chi connectivity index (χ2v) is 5.92. The Morgan fingerprint density at radius 2 is 2.19 bits per heavy atom. The molecule has 1 fully saturated rings. The van der Waals surface area contributed by atoms with Crippen LogP contribution < -0.4 is 5.73 Å². The fourth-order valence-electron chi connectivity index (χ4n) is 2.40. The number of nitrogens with two attached hydrogens (primary N) is 1. The number of carbonyl (C=O) groups excluding carboxylic acids is 1. The first-order valence-corrected chi connectivity index (χ1v) is 7.82. The summed E-state index contributed by atoms with van der Waals surface area (Å²) in [6.45, 7) is 4.31. The van der Waals surface area contributed by atoms with Gasteiger partial charge in [0, 0.05) is 38.1 Å². The highest BCUT2D eigenvalue weighted by atomic mass is 32.1. The van der Waals surface area contributed by atoms with Crippen LogP contribution in [0.4, 0.5) is 0 Å². The van der Waals surface area contributed by atoms with Crippen molar-refractivity contribution in [2.24, 2.45) is 5.73 Å². The van der Waals surface area contributed by atoms with Gasteiger partial charge in [0.05, 0.1) is 12.8 Å². The fraction of sp³-hybridized carbons (Fsp3) is 0.429. The zero-order valence-corrected chi connectivity index (χ0v) is 12.5. The van der Waals surface area contributed by atoms with Crippen LogP contribution in [-0.2, 0) is 13.1 Å². The third-order valence-corrected chi connectivity index (χ3v) is 4.44. The van der Waals surface area contributed by atoms with E-state index in [1.807, 2.05) is 17.0 Å². The first kappa shape index (κ1) is 14.2. The maximum atomic E-state index is 12.3. The van der Waals surface area contributed by atoms with E-state index in [1.165, 1.54) is 11.3 Å². The molecule has 0 atom stereocenters. The maximum absolute atomic E-state index is 12.3. The highest BCUT2D eigenvalue weighted by molar-refractivity contribution is 7.09. The van der Waals surface area contributed by atoms with Gasteiger partial charge in [0.1, 0.15) is 16.5 Å². The van der Waals surface area contributed by atoms with E-state index in [0.29, 0.717) is 12.2 Å². The van der Waals surface area contributed by atoms with Crippen molar-refractivity contribution in [2.75, 3.05) is 26.2 Å². The molecule has 2 aromatic heterocycles. The SMILES string of the molecule is NCc1nc(C(=O)N2CCN(Cc3ccco3)CC2)cs1. The van der Waals surface area contributed by atoms with Gasteiger partial charge in [-0.1, -0.05) is 0 Å². The standard InChI is InChI=1S/C14H18N4O2S/c15-8-13-16-12(10-21-13)14(19)18-5-3-17(4-6-18)9-11-2-1-7-20-11/h1-2,7,10H,3-6,8-9,15H2. The third kappa shape index (κ3) is 3.31. The number of carbonyl (C=O) groups is 1. The maximum Gasteiger partial charge on any atom is 0.273 e. The van der Waals surface area contributed by atoms with Gasteiger partial charge >= 0.3 is 0 Å². The van der Waals surface area contributed by atoms with Gasteiger partial charge in [0.25, 0.3) is 5.91 Å². The van der Waals surface area contributed by atoms with Crippen LogP contribution >= 0.6 is 11.3 Å². The average molecular weight is 306 g/mol. The molecule has 1 saturated heterocycles. The highest BCUT2D eigenvalue weighted by Gasteiger charge is 2.24. The van der Waals surface area contributed by atoms with E-state index in [9.17, 15) is 4.79 Å². The van der Waals surface area contributed by atoms with Gasteiger partial charge in [-0.2, -0.15) is 0 Å². The number of piperazine rings is 1. The molecule has 0 bridgehead atoms. The summed E-state index contributed by atoms with van der Waals surface area (Å²) in [5.74, 6) is 0.963. The molecule has 21 heavy (non-hydrogen) atoms. The third-order valence-electron chi connectivity index (χ3n) is 3.56. The quantitative estimate of drug-likeness (QED) is 0.917. The monoisotopic (exact) mass is 306 g/mol. The van der Waals surface area contributed by atoms with E-state index in [4.69, 9.17) is 10.2 Å². The van der Waals surface area contributed by atoms with Crippen LogP contribution in [0.5, 0.6) is 0 Å². The number of hydrogen-bond acceptors (Lipinski definition) is 6. The van der Waals surface area contributed by atoms with Gasteiger partial charge in [0.15, 0.2) is 0 Å². The Balaban J connectivity index is 1.54. The lowest BCUT2D eigenvalue weighted by atomic mass is 10.2. The first-order valence-electron chi connectivity index (χ1n) is 6.95. The summed E-state index contributed by atoms with van der Waals surface area (Å²) >= 11 is 1.44. The van der Waals surface area contributed by atoms with E-state index in [0.717, 1.165) is 43.5 Å². The van der Waals surface area contributed by atoms with Crippen LogP contribution in [0, 0.1) is 0 Å². The van der Waals surface area contributed by atoms with Crippen LogP contribution in [-0.4, -0.2) is 46.9 Å². The van der Waals surface area contributed by atoms with Gasteiger partial charge in [-0.15, -0.1) is 11.3 Å². The van der Waals surface area contributed by atoms with Crippen LogP contribution in [0.1, 0.15) is 21.3 Å². The Morgan fingerprint density at radius 1 is 1.38 bits per heavy atom. The molecule has 0 unspecified atom stereocenters. The normalized spacial score (nSPS) is 16.3. The molecule has 0 aromatic carbocycles. The Bertz CT molecular complexity index is 588. The van der Waals surface area contributed by atoms with Crippen LogP contribution in [0.25, 0.3) is 0 Å². The molecule has 1 aliphatic rings. The van der Waals surface area contributed by atoms with Crippen molar-refractivity contribution < 1.29 is 9.21 Å². The van der Waals surface area contributed by atoms with E-state index in [2.05, 4.69) is 9.88 Å². The molecule has 1 amide bonds. The minimum absolute atomic E-state index is 0.00333. The van der Waals surface area contributed by atoms with Gasteiger partial charge in [-0.25, -0.2) is 4.98 Å². The average Bonchev–Trinajstić information content (AvgIpc) is 3.18. The molecule has 0 radical (unpaired) electrons. The van der Waals surface area contributed by atoms with Crippen LogP contribution in [0.2, 0.25) is 0 Å². The molecule has 2 N–H and O–H groups in total. The topological polar surface area (TPSA) is 75.6 Å². The molecule has 7 heteroatoms. The number of nitrogens with zero attached hydrogens (tertiary/aromatic N) is 3. The van der Waals surface area contributed by atoms with Crippen molar-refractivity contribution in [2.45, 2.75) is 13.1 Å². The van der Waals surface area contributed by atoms with E-state index in [-0.39, 0.29) is 5.91 Å². The first-order chi connectivity index (χ1) is 10.3. The summed E-state index contributed by atoms with van der Waals surface area (Å²) in [4.78, 5) is 20.7. The molecule has 1 aliphatic heterocycles. The molecule has 6 nitrogen and oxygen atoms in total. The molecule has 112 valence electrons.